The SMILES string of the molecule is Cl.O=C(NCCCCC1CCNCC1)c1ccc(S(=O)(=O)N(C(=O)c2ccccc2)c2ccccc2)cc1. The number of nitrogens with zero attached hydrogens (tertiary/aromatic N) is 1. The Morgan fingerprint density at radius 3 is 2.05 bits per heavy atom. The minimum atomic E-state index is -4.23. The fourth-order valence-corrected chi connectivity index (χ4v) is 5.96. The molecule has 0 bridgehead atoms. The number of anilines is 1. The topological polar surface area (TPSA) is 95.6 Å². The van der Waals surface area contributed by atoms with Crippen LogP contribution in [-0.2, 0) is 10.0 Å². The highest BCUT2D eigenvalue weighted by atomic mass is 35.5. The van der Waals surface area contributed by atoms with Crippen LogP contribution in [0.1, 0.15) is 52.8 Å². The quantitative estimate of drug-likeness (QED) is 0.342. The Morgan fingerprint density at radius 2 is 1.42 bits per heavy atom. The summed E-state index contributed by atoms with van der Waals surface area (Å²) in [6.07, 6.45) is 5.62. The van der Waals surface area contributed by atoms with E-state index in [4.69, 9.17) is 0 Å². The fraction of sp³-hybridized carbons (Fsp3) is 0.310. The van der Waals surface area contributed by atoms with E-state index in [1.807, 2.05) is 0 Å². The van der Waals surface area contributed by atoms with E-state index in [1.165, 1.54) is 43.5 Å². The van der Waals surface area contributed by atoms with Crippen LogP contribution in [-0.4, -0.2) is 39.9 Å². The van der Waals surface area contributed by atoms with Gasteiger partial charge in [0.15, 0.2) is 0 Å². The molecule has 3 aromatic carbocycles. The number of unbranched alkanes of at least 4 members (excludes halogenated alkanes) is 1. The molecule has 1 aliphatic heterocycles. The molecule has 38 heavy (non-hydrogen) atoms. The number of nitrogens with one attached hydrogen (secondary N) is 2. The van der Waals surface area contributed by atoms with Gasteiger partial charge in [-0.3, -0.25) is 9.59 Å². The average Bonchev–Trinajstić information content (AvgIpc) is 2.94. The number of hydrogen-bond acceptors (Lipinski definition) is 5. The normalized spacial score (nSPS) is 13.8. The van der Waals surface area contributed by atoms with Crippen molar-refractivity contribution >= 4 is 39.9 Å². The molecule has 4 rings (SSSR count). The molecule has 0 atom stereocenters. The van der Waals surface area contributed by atoms with Gasteiger partial charge in [0.05, 0.1) is 10.6 Å². The molecule has 0 radical (unpaired) electrons. The van der Waals surface area contributed by atoms with Crippen LogP contribution < -0.4 is 14.9 Å². The summed E-state index contributed by atoms with van der Waals surface area (Å²) in [5.74, 6) is -0.125. The first-order valence-corrected chi connectivity index (χ1v) is 14.2. The van der Waals surface area contributed by atoms with E-state index in [1.54, 1.807) is 60.7 Å². The number of benzene rings is 3. The van der Waals surface area contributed by atoms with Crippen LogP contribution in [0.3, 0.4) is 0 Å². The lowest BCUT2D eigenvalue weighted by Crippen LogP contribution is -2.37. The van der Waals surface area contributed by atoms with Crippen molar-refractivity contribution in [1.29, 1.82) is 0 Å². The van der Waals surface area contributed by atoms with Gasteiger partial charge in [0.2, 0.25) is 0 Å². The summed E-state index contributed by atoms with van der Waals surface area (Å²) in [7, 11) is -4.23. The summed E-state index contributed by atoms with van der Waals surface area (Å²) in [5.41, 5.74) is 0.867. The molecule has 0 unspecified atom stereocenters. The summed E-state index contributed by atoms with van der Waals surface area (Å²) >= 11 is 0. The minimum Gasteiger partial charge on any atom is -0.352 e. The van der Waals surface area contributed by atoms with Crippen molar-refractivity contribution in [2.24, 2.45) is 5.92 Å². The second-order valence-electron chi connectivity index (χ2n) is 9.25. The molecule has 0 aromatic heterocycles. The maximum absolute atomic E-state index is 13.6. The highest BCUT2D eigenvalue weighted by Crippen LogP contribution is 2.26. The number of hydrogen-bond donors (Lipinski definition) is 2. The lowest BCUT2D eigenvalue weighted by molar-refractivity contribution is 0.0951. The van der Waals surface area contributed by atoms with Crippen molar-refractivity contribution in [3.05, 3.63) is 96.1 Å². The molecule has 1 heterocycles. The second kappa shape index (κ2) is 14.1. The third kappa shape index (κ3) is 7.43. The van der Waals surface area contributed by atoms with E-state index >= 15 is 0 Å². The number of para-hydroxylation sites is 1. The Hall–Kier alpha value is -3.20. The van der Waals surface area contributed by atoms with Crippen LogP contribution >= 0.6 is 12.4 Å². The molecule has 0 saturated carbocycles. The van der Waals surface area contributed by atoms with Crippen molar-refractivity contribution in [1.82, 2.24) is 10.6 Å². The van der Waals surface area contributed by atoms with Crippen molar-refractivity contribution in [2.45, 2.75) is 37.0 Å². The first kappa shape index (κ1) is 29.4. The third-order valence-electron chi connectivity index (χ3n) is 6.63. The Bertz CT molecular complexity index is 1280. The molecule has 1 fully saturated rings. The van der Waals surface area contributed by atoms with E-state index in [9.17, 15) is 18.0 Å². The average molecular weight is 556 g/mol. The predicted molar refractivity (Wildman–Crippen MR) is 152 cm³/mol. The summed E-state index contributed by atoms with van der Waals surface area (Å²) in [5, 5.41) is 6.29. The predicted octanol–water partition coefficient (Wildman–Crippen LogP) is 5.04. The lowest BCUT2D eigenvalue weighted by Gasteiger charge is -2.23. The number of sulfonamides is 1. The molecule has 2 N–H and O–H groups in total. The van der Waals surface area contributed by atoms with Crippen LogP contribution in [0, 0.1) is 5.92 Å². The number of halogens is 1. The van der Waals surface area contributed by atoms with E-state index in [2.05, 4.69) is 10.6 Å². The monoisotopic (exact) mass is 555 g/mol. The third-order valence-corrected chi connectivity index (χ3v) is 8.36. The highest BCUT2D eigenvalue weighted by molar-refractivity contribution is 7.93. The van der Waals surface area contributed by atoms with Gasteiger partial charge in [0.1, 0.15) is 0 Å². The summed E-state index contributed by atoms with van der Waals surface area (Å²) < 4.78 is 28.0. The van der Waals surface area contributed by atoms with Crippen molar-refractivity contribution in [3.63, 3.8) is 0 Å². The van der Waals surface area contributed by atoms with Gasteiger partial charge in [-0.1, -0.05) is 49.2 Å². The van der Waals surface area contributed by atoms with E-state index in [0.29, 0.717) is 12.1 Å². The zero-order chi connectivity index (χ0) is 26.1. The number of carbonyl (C=O) groups excluding carboxylic acids is 2. The summed E-state index contributed by atoms with van der Waals surface area (Å²) in [6.45, 7) is 2.77. The standard InChI is InChI=1S/C29H33N3O4S.ClH/c33-28(31-20-8-7-9-23-18-21-30-22-19-23)24-14-16-27(17-15-24)37(35,36)32(26-12-5-2-6-13-26)29(34)25-10-3-1-4-11-25;/h1-6,10-17,23,30H,7-9,18-22H2,(H,31,33);1H. The Kier molecular flexibility index (Phi) is 10.9. The fourth-order valence-electron chi connectivity index (χ4n) is 4.54. The smallest absolute Gasteiger partial charge is 0.272 e. The Labute approximate surface area is 231 Å². The van der Waals surface area contributed by atoms with E-state index < -0.39 is 15.9 Å². The summed E-state index contributed by atoms with van der Waals surface area (Å²) in [4.78, 5) is 25.8. The maximum Gasteiger partial charge on any atom is 0.272 e. The molecule has 1 aliphatic rings. The Morgan fingerprint density at radius 1 is 0.816 bits per heavy atom. The molecule has 9 heteroatoms. The molecular formula is C29H34ClN3O4S. The van der Waals surface area contributed by atoms with Crippen molar-refractivity contribution < 1.29 is 18.0 Å². The minimum absolute atomic E-state index is 0. The maximum atomic E-state index is 13.6. The van der Waals surface area contributed by atoms with Gasteiger partial charge in [-0.25, -0.2) is 8.42 Å². The molecule has 1 saturated heterocycles. The molecular weight excluding hydrogens is 522 g/mol. The van der Waals surface area contributed by atoms with E-state index in [-0.39, 0.29) is 34.5 Å². The molecule has 3 aromatic rings. The van der Waals surface area contributed by atoms with Gasteiger partial charge < -0.3 is 10.6 Å². The van der Waals surface area contributed by atoms with Crippen molar-refractivity contribution in [2.75, 3.05) is 23.9 Å². The van der Waals surface area contributed by atoms with Gasteiger partial charge >= 0.3 is 0 Å². The lowest BCUT2D eigenvalue weighted by atomic mass is 9.92. The molecule has 7 nitrogen and oxygen atoms in total. The van der Waals surface area contributed by atoms with Crippen LogP contribution in [0.4, 0.5) is 5.69 Å². The van der Waals surface area contributed by atoms with Crippen molar-refractivity contribution in [3.8, 4) is 0 Å². The first-order valence-electron chi connectivity index (χ1n) is 12.8. The number of amides is 2. The highest BCUT2D eigenvalue weighted by Gasteiger charge is 2.31. The molecule has 0 aliphatic carbocycles. The van der Waals surface area contributed by atoms with Gasteiger partial charge in [-0.2, -0.15) is 4.31 Å². The van der Waals surface area contributed by atoms with Crippen LogP contribution in [0.25, 0.3) is 0 Å². The summed E-state index contributed by atoms with van der Waals surface area (Å²) in [6, 6.07) is 22.2. The van der Waals surface area contributed by atoms with Gasteiger partial charge in [0.25, 0.3) is 21.8 Å². The Balaban J connectivity index is 0.00000400. The first-order chi connectivity index (χ1) is 18.0. The number of carbonyl (C=O) groups is 2. The van der Waals surface area contributed by atoms with Gasteiger partial charge in [-0.15, -0.1) is 12.4 Å². The molecule has 2 amide bonds. The molecule has 0 spiro atoms. The van der Waals surface area contributed by atoms with Crippen LogP contribution in [0.15, 0.2) is 89.8 Å². The zero-order valence-corrected chi connectivity index (χ0v) is 22.8. The van der Waals surface area contributed by atoms with Gasteiger partial charge in [-0.05, 0) is 86.8 Å². The largest absolute Gasteiger partial charge is 0.352 e. The van der Waals surface area contributed by atoms with Gasteiger partial charge in [0, 0.05) is 17.7 Å². The number of piperidine rings is 1. The number of rotatable bonds is 10. The second-order valence-corrected chi connectivity index (χ2v) is 11.0. The van der Waals surface area contributed by atoms with Crippen LogP contribution in [0.2, 0.25) is 0 Å². The molecule has 202 valence electrons. The van der Waals surface area contributed by atoms with Crippen LogP contribution in [0.5, 0.6) is 0 Å². The zero-order valence-electron chi connectivity index (χ0n) is 21.2. The van der Waals surface area contributed by atoms with E-state index in [0.717, 1.165) is 36.2 Å².